The summed E-state index contributed by atoms with van der Waals surface area (Å²) in [5, 5.41) is 0. The van der Waals surface area contributed by atoms with Gasteiger partial charge in [-0.2, -0.15) is 0 Å². The van der Waals surface area contributed by atoms with Gasteiger partial charge in [-0.25, -0.2) is 4.98 Å². The standard InChI is InChI=1S/C8H12N4O2/c1-8(2,10)4-3-5(13)12-7(11-4)6(9)14/h3H,10H2,1-2H3,(H2,9,14)(H,11,12,13). The fourth-order valence-electron chi connectivity index (χ4n) is 0.904. The predicted molar refractivity (Wildman–Crippen MR) is 50.6 cm³/mol. The number of nitrogens with one attached hydrogen (secondary N) is 1. The van der Waals surface area contributed by atoms with Gasteiger partial charge >= 0.3 is 0 Å². The largest absolute Gasteiger partial charge is 0.363 e. The Kier molecular flexibility index (Phi) is 2.39. The summed E-state index contributed by atoms with van der Waals surface area (Å²) in [5.74, 6) is -0.959. The van der Waals surface area contributed by atoms with Crippen molar-refractivity contribution in [1.82, 2.24) is 9.97 Å². The molecular weight excluding hydrogens is 184 g/mol. The Labute approximate surface area is 80.3 Å². The summed E-state index contributed by atoms with van der Waals surface area (Å²) < 4.78 is 0. The Morgan fingerprint density at radius 2 is 2.14 bits per heavy atom. The molecule has 6 nitrogen and oxygen atoms in total. The van der Waals surface area contributed by atoms with E-state index >= 15 is 0 Å². The van der Waals surface area contributed by atoms with Gasteiger partial charge in [-0.3, -0.25) is 9.59 Å². The minimum atomic E-state index is -0.784. The number of rotatable bonds is 2. The van der Waals surface area contributed by atoms with Crippen LogP contribution in [0.25, 0.3) is 0 Å². The highest BCUT2D eigenvalue weighted by atomic mass is 16.1. The highest BCUT2D eigenvalue weighted by molar-refractivity contribution is 5.88. The minimum absolute atomic E-state index is 0.175. The van der Waals surface area contributed by atoms with E-state index in [1.54, 1.807) is 13.8 Å². The number of carbonyl (C=O) groups excluding carboxylic acids is 1. The Hall–Kier alpha value is -1.69. The molecule has 1 amide bonds. The van der Waals surface area contributed by atoms with Gasteiger partial charge in [0.2, 0.25) is 0 Å². The highest BCUT2D eigenvalue weighted by Gasteiger charge is 2.18. The molecule has 1 rings (SSSR count). The number of primary amides is 1. The van der Waals surface area contributed by atoms with Crippen molar-refractivity contribution in [2.24, 2.45) is 11.5 Å². The third kappa shape index (κ3) is 2.17. The van der Waals surface area contributed by atoms with Crippen LogP contribution in [0.1, 0.15) is 30.2 Å². The molecule has 0 aromatic carbocycles. The molecule has 0 unspecified atom stereocenters. The predicted octanol–water partition coefficient (Wildman–Crippen LogP) is -0.937. The number of nitrogens with zero attached hydrogens (tertiary/aromatic N) is 1. The van der Waals surface area contributed by atoms with Gasteiger partial charge in [-0.15, -0.1) is 0 Å². The molecule has 0 fully saturated rings. The van der Waals surface area contributed by atoms with Gasteiger partial charge in [-0.05, 0) is 13.8 Å². The van der Waals surface area contributed by atoms with E-state index in [0.29, 0.717) is 5.69 Å². The zero-order valence-corrected chi connectivity index (χ0v) is 8.00. The Morgan fingerprint density at radius 3 is 2.57 bits per heavy atom. The van der Waals surface area contributed by atoms with Crippen molar-refractivity contribution in [2.45, 2.75) is 19.4 Å². The van der Waals surface area contributed by atoms with E-state index in [1.807, 2.05) is 0 Å². The molecule has 1 heterocycles. The molecular formula is C8H12N4O2. The maximum atomic E-state index is 11.1. The van der Waals surface area contributed by atoms with Gasteiger partial charge < -0.3 is 16.5 Å². The molecule has 0 aliphatic heterocycles. The molecule has 0 atom stereocenters. The van der Waals surface area contributed by atoms with Crippen LogP contribution in [0.2, 0.25) is 0 Å². The lowest BCUT2D eigenvalue weighted by Crippen LogP contribution is -2.33. The first kappa shape index (κ1) is 10.4. The molecule has 0 radical (unpaired) electrons. The van der Waals surface area contributed by atoms with Crippen LogP contribution in [-0.2, 0) is 5.54 Å². The molecule has 0 aliphatic rings. The van der Waals surface area contributed by atoms with Crippen molar-refractivity contribution >= 4 is 5.91 Å². The van der Waals surface area contributed by atoms with E-state index < -0.39 is 17.0 Å². The quantitative estimate of drug-likeness (QED) is 0.566. The Bertz CT molecular complexity index is 416. The number of hydrogen-bond acceptors (Lipinski definition) is 4. The van der Waals surface area contributed by atoms with Gasteiger partial charge in [0.1, 0.15) is 0 Å². The number of amides is 1. The van der Waals surface area contributed by atoms with Crippen LogP contribution < -0.4 is 17.0 Å². The summed E-state index contributed by atoms with van der Waals surface area (Å²) in [5.41, 5.74) is 9.82. The molecule has 0 spiro atoms. The third-order valence-corrected chi connectivity index (χ3v) is 1.64. The SMILES string of the molecule is CC(C)(N)c1cc(=O)[nH]c(C(N)=O)n1. The van der Waals surface area contributed by atoms with Crippen molar-refractivity contribution in [3.8, 4) is 0 Å². The lowest BCUT2D eigenvalue weighted by atomic mass is 10.0. The van der Waals surface area contributed by atoms with Crippen molar-refractivity contribution in [1.29, 1.82) is 0 Å². The minimum Gasteiger partial charge on any atom is -0.363 e. The lowest BCUT2D eigenvalue weighted by molar-refractivity contribution is 0.0989. The second kappa shape index (κ2) is 3.22. The fraction of sp³-hybridized carbons (Fsp3) is 0.375. The van der Waals surface area contributed by atoms with Gasteiger partial charge in [0.15, 0.2) is 5.82 Å². The van der Waals surface area contributed by atoms with Crippen molar-refractivity contribution in [3.05, 3.63) is 27.9 Å². The topological polar surface area (TPSA) is 115 Å². The Balaban J connectivity index is 3.35. The normalized spacial score (nSPS) is 11.4. The zero-order valence-electron chi connectivity index (χ0n) is 8.00. The smallest absolute Gasteiger partial charge is 0.284 e. The van der Waals surface area contributed by atoms with Crippen molar-refractivity contribution < 1.29 is 4.79 Å². The molecule has 0 saturated heterocycles. The Morgan fingerprint density at radius 1 is 1.57 bits per heavy atom. The second-order valence-electron chi connectivity index (χ2n) is 3.57. The van der Waals surface area contributed by atoms with Crippen LogP contribution >= 0.6 is 0 Å². The van der Waals surface area contributed by atoms with Gasteiger partial charge in [0, 0.05) is 6.07 Å². The zero-order chi connectivity index (χ0) is 10.9. The van der Waals surface area contributed by atoms with E-state index in [4.69, 9.17) is 11.5 Å². The second-order valence-corrected chi connectivity index (χ2v) is 3.57. The van der Waals surface area contributed by atoms with E-state index in [0.717, 1.165) is 0 Å². The third-order valence-electron chi connectivity index (χ3n) is 1.64. The van der Waals surface area contributed by atoms with Gasteiger partial charge in [0.05, 0.1) is 11.2 Å². The maximum Gasteiger partial charge on any atom is 0.284 e. The van der Waals surface area contributed by atoms with E-state index in [-0.39, 0.29) is 5.82 Å². The summed E-state index contributed by atoms with van der Waals surface area (Å²) >= 11 is 0. The number of aromatic amines is 1. The van der Waals surface area contributed by atoms with Crippen LogP contribution in [0, 0.1) is 0 Å². The van der Waals surface area contributed by atoms with E-state index in [2.05, 4.69) is 9.97 Å². The molecule has 6 heteroatoms. The number of carbonyl (C=O) groups is 1. The van der Waals surface area contributed by atoms with Crippen LogP contribution in [-0.4, -0.2) is 15.9 Å². The monoisotopic (exact) mass is 196 g/mol. The van der Waals surface area contributed by atoms with Gasteiger partial charge in [-0.1, -0.05) is 0 Å². The number of aromatic nitrogens is 2. The van der Waals surface area contributed by atoms with Crippen molar-refractivity contribution in [2.75, 3.05) is 0 Å². The molecule has 0 saturated carbocycles. The number of H-pyrrole nitrogens is 1. The molecule has 76 valence electrons. The average molecular weight is 196 g/mol. The van der Waals surface area contributed by atoms with Crippen LogP contribution in [0.15, 0.2) is 10.9 Å². The van der Waals surface area contributed by atoms with Crippen LogP contribution in [0.4, 0.5) is 0 Å². The number of nitrogens with two attached hydrogens (primary N) is 2. The van der Waals surface area contributed by atoms with Crippen LogP contribution in [0.3, 0.4) is 0 Å². The summed E-state index contributed by atoms with van der Waals surface area (Å²) in [4.78, 5) is 28.0. The maximum absolute atomic E-state index is 11.1. The molecule has 0 aliphatic carbocycles. The average Bonchev–Trinajstić information content (AvgIpc) is 2.01. The summed E-state index contributed by atoms with van der Waals surface area (Å²) in [7, 11) is 0. The number of hydrogen-bond donors (Lipinski definition) is 3. The first-order chi connectivity index (χ1) is 6.30. The molecule has 0 bridgehead atoms. The highest BCUT2D eigenvalue weighted by Crippen LogP contribution is 2.11. The van der Waals surface area contributed by atoms with Crippen molar-refractivity contribution in [3.63, 3.8) is 0 Å². The fourth-order valence-corrected chi connectivity index (χ4v) is 0.904. The molecule has 14 heavy (non-hydrogen) atoms. The lowest BCUT2D eigenvalue weighted by Gasteiger charge is -2.17. The summed E-state index contributed by atoms with van der Waals surface area (Å²) in [6.07, 6.45) is 0. The van der Waals surface area contributed by atoms with E-state index in [1.165, 1.54) is 6.07 Å². The van der Waals surface area contributed by atoms with E-state index in [9.17, 15) is 9.59 Å². The molecule has 1 aromatic rings. The molecule has 5 N–H and O–H groups in total. The van der Waals surface area contributed by atoms with Crippen LogP contribution in [0.5, 0.6) is 0 Å². The van der Waals surface area contributed by atoms with Gasteiger partial charge in [0.25, 0.3) is 11.5 Å². The first-order valence-corrected chi connectivity index (χ1v) is 4.01. The first-order valence-electron chi connectivity index (χ1n) is 4.01. The molecule has 1 aromatic heterocycles. The summed E-state index contributed by atoms with van der Waals surface area (Å²) in [6.45, 7) is 3.36. The summed E-state index contributed by atoms with van der Waals surface area (Å²) in [6, 6.07) is 1.24.